The molecule has 1 aliphatic rings. The van der Waals surface area contributed by atoms with E-state index in [1.807, 2.05) is 42.5 Å². The summed E-state index contributed by atoms with van der Waals surface area (Å²) in [7, 11) is 2.16. The molecule has 2 heteroatoms. The number of nitrogens with zero attached hydrogens (tertiary/aromatic N) is 2. The van der Waals surface area contributed by atoms with Crippen molar-refractivity contribution in [3.05, 3.63) is 114 Å². The van der Waals surface area contributed by atoms with Gasteiger partial charge in [-0.3, -0.25) is 0 Å². The van der Waals surface area contributed by atoms with Gasteiger partial charge in [-0.2, -0.15) is 5.26 Å². The van der Waals surface area contributed by atoms with Crippen molar-refractivity contribution in [2.75, 3.05) is 7.05 Å². The van der Waals surface area contributed by atoms with Crippen LogP contribution in [0.4, 0.5) is 0 Å². The van der Waals surface area contributed by atoms with Crippen molar-refractivity contribution >= 4 is 6.08 Å². The maximum absolute atomic E-state index is 10.5. The molecule has 0 bridgehead atoms. The molecule has 3 aromatic rings. The number of benzene rings is 3. The predicted molar refractivity (Wildman–Crippen MR) is 124 cm³/mol. The van der Waals surface area contributed by atoms with Gasteiger partial charge in [-0.15, -0.1) is 0 Å². The molecule has 4 rings (SSSR count). The molecular weight excluding hydrogens is 364 g/mol. The van der Waals surface area contributed by atoms with E-state index in [1.165, 1.54) is 5.56 Å². The first-order valence-electron chi connectivity index (χ1n) is 10.7. The summed E-state index contributed by atoms with van der Waals surface area (Å²) in [5, 5.41) is 10.5. The lowest BCUT2D eigenvalue weighted by Crippen LogP contribution is -2.35. The highest BCUT2D eigenvalue weighted by molar-refractivity contribution is 5.49. The zero-order valence-electron chi connectivity index (χ0n) is 17.5. The first-order valence-corrected chi connectivity index (χ1v) is 10.7. The Kier molecular flexibility index (Phi) is 6.00. The molecule has 30 heavy (non-hydrogen) atoms. The van der Waals surface area contributed by atoms with Gasteiger partial charge in [-0.25, -0.2) is 0 Å². The summed E-state index contributed by atoms with van der Waals surface area (Å²) in [6.45, 7) is 0. The lowest BCUT2D eigenvalue weighted by Gasteiger charge is -2.34. The normalized spacial score (nSPS) is 18.9. The van der Waals surface area contributed by atoms with Crippen LogP contribution in [0, 0.1) is 17.2 Å². The lowest BCUT2D eigenvalue weighted by atomic mass is 9.66. The third-order valence-corrected chi connectivity index (χ3v) is 6.53. The van der Waals surface area contributed by atoms with Crippen LogP contribution in [0.15, 0.2) is 97.2 Å². The second-order valence-corrected chi connectivity index (χ2v) is 8.21. The summed E-state index contributed by atoms with van der Waals surface area (Å²) >= 11 is 0. The van der Waals surface area contributed by atoms with Crippen LogP contribution < -0.4 is 0 Å². The molecule has 0 spiro atoms. The number of hydrogen-bond donors (Lipinski definition) is 0. The maximum Gasteiger partial charge on any atom is 0.110 e. The van der Waals surface area contributed by atoms with E-state index in [9.17, 15) is 5.26 Å². The zero-order chi connectivity index (χ0) is 20.8. The molecule has 150 valence electrons. The Bertz CT molecular complexity index is 963. The van der Waals surface area contributed by atoms with Crippen molar-refractivity contribution in [1.82, 2.24) is 4.90 Å². The maximum atomic E-state index is 10.5. The predicted octanol–water partition coefficient (Wildman–Crippen LogP) is 6.27. The second kappa shape index (κ2) is 9.01. The number of nitriles is 1. The van der Waals surface area contributed by atoms with E-state index < -0.39 is 5.41 Å². The monoisotopic (exact) mass is 392 g/mol. The minimum Gasteiger partial charge on any atom is -0.377 e. The van der Waals surface area contributed by atoms with Gasteiger partial charge in [0.25, 0.3) is 0 Å². The van der Waals surface area contributed by atoms with Gasteiger partial charge < -0.3 is 4.90 Å². The van der Waals surface area contributed by atoms with Gasteiger partial charge in [0.05, 0.1) is 6.07 Å². The van der Waals surface area contributed by atoms with Crippen LogP contribution in [-0.2, 0) is 5.41 Å². The van der Waals surface area contributed by atoms with Gasteiger partial charge in [0.15, 0.2) is 0 Å². The van der Waals surface area contributed by atoms with E-state index in [0.29, 0.717) is 6.04 Å². The third kappa shape index (κ3) is 3.89. The summed E-state index contributed by atoms with van der Waals surface area (Å²) in [4.78, 5) is 2.32. The van der Waals surface area contributed by atoms with Gasteiger partial charge in [0.1, 0.15) is 5.41 Å². The largest absolute Gasteiger partial charge is 0.377 e. The molecule has 2 nitrogen and oxygen atoms in total. The average Bonchev–Trinajstić information content (AvgIpc) is 3.31. The highest BCUT2D eigenvalue weighted by atomic mass is 15.1. The van der Waals surface area contributed by atoms with Crippen LogP contribution in [0.3, 0.4) is 0 Å². The number of hydrogen-bond acceptors (Lipinski definition) is 2. The Balaban J connectivity index is 1.61. The van der Waals surface area contributed by atoms with Gasteiger partial charge in [0.2, 0.25) is 0 Å². The minimum atomic E-state index is -0.610. The van der Waals surface area contributed by atoms with Crippen molar-refractivity contribution < 1.29 is 0 Å². The molecular formula is C28H28N2. The quantitative estimate of drug-likeness (QED) is 0.494. The first-order chi connectivity index (χ1) is 14.7. The summed E-state index contributed by atoms with van der Waals surface area (Å²) in [5.41, 5.74) is 2.80. The Morgan fingerprint density at radius 3 is 1.90 bits per heavy atom. The van der Waals surface area contributed by atoms with Crippen molar-refractivity contribution in [2.24, 2.45) is 5.92 Å². The lowest BCUT2D eigenvalue weighted by molar-refractivity contribution is 0.310. The zero-order valence-corrected chi connectivity index (χ0v) is 17.5. The van der Waals surface area contributed by atoms with E-state index in [-0.39, 0.29) is 5.92 Å². The van der Waals surface area contributed by atoms with E-state index >= 15 is 0 Å². The van der Waals surface area contributed by atoms with Gasteiger partial charge in [-0.05, 0) is 54.1 Å². The van der Waals surface area contributed by atoms with E-state index in [4.69, 9.17) is 0 Å². The van der Waals surface area contributed by atoms with Crippen LogP contribution in [0.2, 0.25) is 0 Å². The summed E-state index contributed by atoms with van der Waals surface area (Å²) < 4.78 is 0. The Labute approximate surface area is 180 Å². The fourth-order valence-electron chi connectivity index (χ4n) is 4.87. The standard InChI is InChI=1S/C28H28N2/c1-30(20-19-23-11-5-2-6-12-23)27-18-17-26(21-27)28(22-29,24-13-7-3-8-14-24)25-15-9-4-10-16-25/h2-16,19-20,26-27H,17-18,21H2,1H3. The SMILES string of the molecule is CN(C=Cc1ccccc1)C1CCC(C(C#N)(c2ccccc2)c2ccccc2)C1. The highest BCUT2D eigenvalue weighted by Crippen LogP contribution is 2.47. The van der Waals surface area contributed by atoms with Gasteiger partial charge in [-0.1, -0.05) is 91.0 Å². The third-order valence-electron chi connectivity index (χ3n) is 6.53. The molecule has 0 radical (unpaired) electrons. The van der Waals surface area contributed by atoms with Crippen molar-refractivity contribution in [3.8, 4) is 6.07 Å². The molecule has 2 atom stereocenters. The highest BCUT2D eigenvalue weighted by Gasteiger charge is 2.46. The van der Waals surface area contributed by atoms with Crippen LogP contribution >= 0.6 is 0 Å². The smallest absolute Gasteiger partial charge is 0.110 e. The molecule has 0 saturated heterocycles. The Hall–Kier alpha value is -3.31. The van der Waals surface area contributed by atoms with Crippen molar-refractivity contribution in [2.45, 2.75) is 30.7 Å². The van der Waals surface area contributed by atoms with Crippen molar-refractivity contribution in [3.63, 3.8) is 0 Å². The van der Waals surface area contributed by atoms with Crippen molar-refractivity contribution in [1.29, 1.82) is 5.26 Å². The van der Waals surface area contributed by atoms with E-state index in [1.54, 1.807) is 0 Å². The molecule has 1 fully saturated rings. The molecule has 3 aromatic carbocycles. The molecule has 0 aromatic heterocycles. The van der Waals surface area contributed by atoms with Gasteiger partial charge in [0, 0.05) is 13.1 Å². The Morgan fingerprint density at radius 1 is 0.833 bits per heavy atom. The fourth-order valence-corrected chi connectivity index (χ4v) is 4.87. The molecule has 0 amide bonds. The van der Waals surface area contributed by atoms with Crippen LogP contribution in [0.1, 0.15) is 36.0 Å². The number of rotatable bonds is 6. The molecule has 0 aliphatic heterocycles. The molecule has 2 unspecified atom stereocenters. The summed E-state index contributed by atoms with van der Waals surface area (Å²) in [6.07, 6.45) is 7.50. The topological polar surface area (TPSA) is 27.0 Å². The van der Waals surface area contributed by atoms with Gasteiger partial charge >= 0.3 is 0 Å². The van der Waals surface area contributed by atoms with E-state index in [0.717, 1.165) is 30.4 Å². The first kappa shape index (κ1) is 20.0. The fraction of sp³-hybridized carbons (Fsp3) is 0.250. The van der Waals surface area contributed by atoms with Crippen LogP contribution in [-0.4, -0.2) is 18.0 Å². The Morgan fingerprint density at radius 2 is 1.37 bits per heavy atom. The minimum absolute atomic E-state index is 0.282. The second-order valence-electron chi connectivity index (χ2n) is 8.21. The van der Waals surface area contributed by atoms with E-state index in [2.05, 4.69) is 78.8 Å². The summed E-state index contributed by atoms with van der Waals surface area (Å²) in [5.74, 6) is 0.282. The molecule has 1 aliphatic carbocycles. The molecule has 0 heterocycles. The molecule has 0 N–H and O–H groups in total. The van der Waals surface area contributed by atoms with Crippen LogP contribution in [0.25, 0.3) is 6.08 Å². The summed E-state index contributed by atoms with van der Waals surface area (Å²) in [6, 6.07) is 34.3. The van der Waals surface area contributed by atoms with Crippen LogP contribution in [0.5, 0.6) is 0 Å². The average molecular weight is 393 g/mol. The molecule has 1 saturated carbocycles.